The number of halogens is 1. The van der Waals surface area contributed by atoms with E-state index < -0.39 is 18.2 Å². The molecule has 0 bridgehead atoms. The van der Waals surface area contributed by atoms with Gasteiger partial charge in [-0.05, 0) is 22.0 Å². The van der Waals surface area contributed by atoms with Gasteiger partial charge >= 0.3 is 5.97 Å². The molecule has 4 nitrogen and oxygen atoms in total. The molecule has 0 saturated heterocycles. The van der Waals surface area contributed by atoms with Gasteiger partial charge < -0.3 is 15.3 Å². The summed E-state index contributed by atoms with van der Waals surface area (Å²) in [6, 6.07) is 1.57. The van der Waals surface area contributed by atoms with Crippen molar-refractivity contribution >= 4 is 33.2 Å². The Kier molecular flexibility index (Phi) is 3.43. The molecule has 0 aliphatic heterocycles. The van der Waals surface area contributed by atoms with Crippen LogP contribution in [0.2, 0.25) is 0 Å². The highest BCUT2D eigenvalue weighted by Gasteiger charge is 2.26. The fraction of sp³-hybridized carbons (Fsp3) is 0.286. The second-order valence-corrected chi connectivity index (χ2v) is 4.25. The molecule has 6 heteroatoms. The van der Waals surface area contributed by atoms with Crippen LogP contribution < -0.4 is 0 Å². The van der Waals surface area contributed by atoms with E-state index in [1.54, 1.807) is 11.4 Å². The summed E-state index contributed by atoms with van der Waals surface area (Å²) in [5, 5.41) is 28.4. The van der Waals surface area contributed by atoms with Crippen LogP contribution in [0.4, 0.5) is 0 Å². The minimum atomic E-state index is -1.77. The second kappa shape index (κ2) is 4.19. The number of aliphatic hydroxyl groups excluding tert-OH is 2. The number of rotatable bonds is 3. The lowest BCUT2D eigenvalue weighted by molar-refractivity contribution is -0.152. The molecule has 2 atom stereocenters. The third kappa shape index (κ3) is 2.50. The summed E-state index contributed by atoms with van der Waals surface area (Å²) in [6.07, 6.45) is -3.14. The van der Waals surface area contributed by atoms with Crippen LogP contribution in [-0.4, -0.2) is 27.4 Å². The summed E-state index contributed by atoms with van der Waals surface area (Å²) >= 11 is 4.34. The van der Waals surface area contributed by atoms with E-state index in [2.05, 4.69) is 15.9 Å². The zero-order chi connectivity index (χ0) is 10.0. The van der Waals surface area contributed by atoms with E-state index in [0.29, 0.717) is 4.88 Å². The van der Waals surface area contributed by atoms with Gasteiger partial charge in [0.05, 0.1) is 0 Å². The van der Waals surface area contributed by atoms with Gasteiger partial charge in [-0.1, -0.05) is 0 Å². The van der Waals surface area contributed by atoms with E-state index >= 15 is 0 Å². The Morgan fingerprint density at radius 2 is 2.15 bits per heavy atom. The van der Waals surface area contributed by atoms with E-state index in [1.807, 2.05) is 0 Å². The Labute approximate surface area is 86.6 Å². The number of hydrogen-bond acceptors (Lipinski definition) is 4. The largest absolute Gasteiger partial charge is 0.479 e. The molecule has 3 N–H and O–H groups in total. The van der Waals surface area contributed by atoms with E-state index in [0.717, 1.165) is 4.47 Å². The Bertz CT molecular complexity index is 311. The Morgan fingerprint density at radius 1 is 1.54 bits per heavy atom. The average Bonchev–Trinajstić information content (AvgIpc) is 2.49. The zero-order valence-electron chi connectivity index (χ0n) is 6.35. The first-order valence-corrected chi connectivity index (χ1v) is 5.02. The lowest BCUT2D eigenvalue weighted by atomic mass is 10.2. The number of carboxylic acid groups (broad SMARTS) is 1. The highest BCUT2D eigenvalue weighted by atomic mass is 79.9. The predicted molar refractivity (Wildman–Crippen MR) is 50.6 cm³/mol. The molecule has 1 aromatic heterocycles. The summed E-state index contributed by atoms with van der Waals surface area (Å²) in [7, 11) is 0. The smallest absolute Gasteiger partial charge is 0.335 e. The van der Waals surface area contributed by atoms with Gasteiger partial charge in [-0.25, -0.2) is 4.79 Å². The maximum Gasteiger partial charge on any atom is 0.335 e. The van der Waals surface area contributed by atoms with E-state index in [-0.39, 0.29) is 0 Å². The summed E-state index contributed by atoms with van der Waals surface area (Å²) in [4.78, 5) is 10.7. The van der Waals surface area contributed by atoms with Crippen molar-refractivity contribution in [1.29, 1.82) is 0 Å². The van der Waals surface area contributed by atoms with Crippen molar-refractivity contribution in [2.75, 3.05) is 0 Å². The Hall–Kier alpha value is -0.430. The van der Waals surface area contributed by atoms with Crippen molar-refractivity contribution in [2.24, 2.45) is 0 Å². The molecule has 0 amide bonds. The van der Waals surface area contributed by atoms with Gasteiger partial charge in [-0.3, -0.25) is 0 Å². The van der Waals surface area contributed by atoms with Crippen LogP contribution in [0.25, 0.3) is 0 Å². The average molecular weight is 267 g/mol. The van der Waals surface area contributed by atoms with Crippen molar-refractivity contribution in [1.82, 2.24) is 0 Å². The van der Waals surface area contributed by atoms with Crippen LogP contribution in [0, 0.1) is 0 Å². The number of hydrogen-bond donors (Lipinski definition) is 3. The molecule has 0 radical (unpaired) electrons. The lowest BCUT2D eigenvalue weighted by Gasteiger charge is -2.11. The molecule has 1 rings (SSSR count). The highest BCUT2D eigenvalue weighted by Crippen LogP contribution is 2.27. The first-order chi connectivity index (χ1) is 6.02. The van der Waals surface area contributed by atoms with Crippen molar-refractivity contribution < 1.29 is 20.1 Å². The quantitative estimate of drug-likeness (QED) is 0.763. The number of carboxylic acids is 1. The monoisotopic (exact) mass is 266 g/mol. The van der Waals surface area contributed by atoms with Gasteiger partial charge in [-0.2, -0.15) is 0 Å². The van der Waals surface area contributed by atoms with Crippen LogP contribution in [0.1, 0.15) is 11.0 Å². The third-order valence-electron chi connectivity index (χ3n) is 1.43. The van der Waals surface area contributed by atoms with Crippen LogP contribution in [0.5, 0.6) is 0 Å². The lowest BCUT2D eigenvalue weighted by Crippen LogP contribution is -2.26. The van der Waals surface area contributed by atoms with Crippen LogP contribution in [0.15, 0.2) is 15.9 Å². The van der Waals surface area contributed by atoms with Gasteiger partial charge in [0.2, 0.25) is 0 Å². The van der Waals surface area contributed by atoms with Gasteiger partial charge in [-0.15, -0.1) is 11.3 Å². The number of carbonyl (C=O) groups is 1. The molecular formula is C7H7BrO4S. The molecule has 0 aliphatic rings. The topological polar surface area (TPSA) is 77.8 Å². The molecule has 1 aromatic rings. The van der Waals surface area contributed by atoms with Crippen molar-refractivity contribution in [3.63, 3.8) is 0 Å². The van der Waals surface area contributed by atoms with Crippen LogP contribution in [-0.2, 0) is 4.79 Å². The molecule has 1 heterocycles. The van der Waals surface area contributed by atoms with Gasteiger partial charge in [0, 0.05) is 14.7 Å². The number of aliphatic carboxylic acids is 1. The highest BCUT2D eigenvalue weighted by molar-refractivity contribution is 9.10. The van der Waals surface area contributed by atoms with E-state index in [4.69, 9.17) is 10.2 Å². The van der Waals surface area contributed by atoms with E-state index in [1.165, 1.54) is 11.3 Å². The summed E-state index contributed by atoms with van der Waals surface area (Å²) in [5.41, 5.74) is 0. The normalized spacial score (nSPS) is 15.3. The second-order valence-electron chi connectivity index (χ2n) is 2.40. The fourth-order valence-electron chi connectivity index (χ4n) is 0.774. The van der Waals surface area contributed by atoms with Crippen LogP contribution >= 0.6 is 27.3 Å². The maximum atomic E-state index is 10.3. The maximum absolute atomic E-state index is 10.3. The summed E-state index contributed by atoms with van der Waals surface area (Å²) in [6.45, 7) is 0. The van der Waals surface area contributed by atoms with Gasteiger partial charge in [0.25, 0.3) is 0 Å². The molecule has 0 saturated carbocycles. The molecule has 0 spiro atoms. The number of aliphatic hydroxyl groups is 2. The van der Waals surface area contributed by atoms with Crippen molar-refractivity contribution in [3.05, 3.63) is 20.8 Å². The zero-order valence-corrected chi connectivity index (χ0v) is 8.75. The van der Waals surface area contributed by atoms with Crippen molar-refractivity contribution in [2.45, 2.75) is 12.2 Å². The molecule has 0 fully saturated rings. The Balaban J connectivity index is 2.78. The Morgan fingerprint density at radius 3 is 2.54 bits per heavy atom. The molecule has 2 unspecified atom stereocenters. The van der Waals surface area contributed by atoms with Gasteiger partial charge in [0.1, 0.15) is 6.10 Å². The standard InChI is InChI=1S/C7H7BrO4S/c8-3-1-4(13-2-3)5(9)6(10)7(11)12/h1-2,5-6,9-10H,(H,11,12). The predicted octanol–water partition coefficient (Wildman–Crippen LogP) is 0.990. The van der Waals surface area contributed by atoms with Gasteiger partial charge in [0.15, 0.2) is 6.10 Å². The molecule has 13 heavy (non-hydrogen) atoms. The summed E-state index contributed by atoms with van der Waals surface area (Å²) in [5.74, 6) is -1.43. The first-order valence-electron chi connectivity index (χ1n) is 3.35. The molecular weight excluding hydrogens is 260 g/mol. The molecule has 72 valence electrons. The number of thiophene rings is 1. The fourth-order valence-corrected chi connectivity index (χ4v) is 2.23. The third-order valence-corrected chi connectivity index (χ3v) is 3.20. The minimum Gasteiger partial charge on any atom is -0.479 e. The first kappa shape index (κ1) is 10.6. The molecule has 0 aromatic carbocycles. The van der Waals surface area contributed by atoms with Crippen LogP contribution in [0.3, 0.4) is 0 Å². The minimum absolute atomic E-state index is 0.418. The molecule has 0 aliphatic carbocycles. The SMILES string of the molecule is O=C(O)C(O)C(O)c1cc(Br)cs1. The summed E-state index contributed by atoms with van der Waals surface area (Å²) < 4.78 is 0.754. The van der Waals surface area contributed by atoms with E-state index in [9.17, 15) is 9.90 Å². The van der Waals surface area contributed by atoms with Crippen molar-refractivity contribution in [3.8, 4) is 0 Å².